The molecule has 0 fully saturated rings. The minimum absolute atomic E-state index is 0.000861. The van der Waals surface area contributed by atoms with Crippen molar-refractivity contribution < 1.29 is 19.4 Å². The van der Waals surface area contributed by atoms with Crippen molar-refractivity contribution in [2.75, 3.05) is 26.1 Å². The predicted octanol–water partition coefficient (Wildman–Crippen LogP) is 2.50. The average Bonchev–Trinajstić information content (AvgIpc) is 2.46. The largest absolute Gasteiger partial charge is 0.495 e. The first-order valence-electron chi connectivity index (χ1n) is 6.52. The number of hydrogen-bond donors (Lipinski definition) is 3. The molecule has 2 amide bonds. The van der Waals surface area contributed by atoms with Gasteiger partial charge in [-0.1, -0.05) is 18.5 Å². The third-order valence-corrected chi connectivity index (χ3v) is 3.52. The predicted molar refractivity (Wildman–Crippen MR) is 82.4 cm³/mol. The third-order valence-electron chi connectivity index (χ3n) is 3.22. The zero-order chi connectivity index (χ0) is 16.0. The molecular weight excluding hydrogens is 296 g/mol. The van der Waals surface area contributed by atoms with Crippen molar-refractivity contribution in [1.29, 1.82) is 0 Å². The lowest BCUT2D eigenvalue weighted by Gasteiger charge is -2.20. The van der Waals surface area contributed by atoms with Gasteiger partial charge in [-0.2, -0.15) is 0 Å². The summed E-state index contributed by atoms with van der Waals surface area (Å²) < 4.78 is 10.3. The van der Waals surface area contributed by atoms with Gasteiger partial charge in [0.25, 0.3) is 0 Å². The first kappa shape index (κ1) is 17.4. The molecule has 0 aromatic heterocycles. The molecule has 0 saturated heterocycles. The number of hydrogen-bond acceptors (Lipinski definition) is 4. The molecule has 0 aliphatic heterocycles. The van der Waals surface area contributed by atoms with E-state index < -0.39 is 6.03 Å². The van der Waals surface area contributed by atoms with Crippen LogP contribution >= 0.6 is 11.6 Å². The summed E-state index contributed by atoms with van der Waals surface area (Å²) in [6, 6.07) is 2.58. The SMILES string of the molecule is COc1cc(OC)c(NC(=O)N[C@H](C)[C@@H](C)CO)cc1Cl. The number of anilines is 1. The Morgan fingerprint density at radius 2 is 1.90 bits per heavy atom. The standard InChI is InChI=1S/C14H21ClN2O4/c1-8(7-18)9(2)16-14(19)17-11-5-10(15)12(20-3)6-13(11)21-4/h5-6,8-9,18H,7H2,1-4H3,(H2,16,17,19)/t8-,9+/m0/s1. The summed E-state index contributed by atoms with van der Waals surface area (Å²) in [5, 5.41) is 14.8. The lowest BCUT2D eigenvalue weighted by Crippen LogP contribution is -2.40. The van der Waals surface area contributed by atoms with Gasteiger partial charge in [-0.05, 0) is 18.9 Å². The van der Waals surface area contributed by atoms with Crippen LogP contribution < -0.4 is 20.1 Å². The second-order valence-electron chi connectivity index (χ2n) is 4.73. The van der Waals surface area contributed by atoms with E-state index >= 15 is 0 Å². The molecule has 118 valence electrons. The highest BCUT2D eigenvalue weighted by Crippen LogP contribution is 2.35. The monoisotopic (exact) mass is 316 g/mol. The van der Waals surface area contributed by atoms with E-state index in [1.807, 2.05) is 13.8 Å². The van der Waals surface area contributed by atoms with Crippen LogP contribution in [-0.2, 0) is 0 Å². The van der Waals surface area contributed by atoms with Gasteiger partial charge in [-0.3, -0.25) is 0 Å². The lowest BCUT2D eigenvalue weighted by atomic mass is 10.1. The molecule has 0 radical (unpaired) electrons. The minimum Gasteiger partial charge on any atom is -0.495 e. The molecule has 0 aliphatic rings. The molecule has 7 heteroatoms. The van der Waals surface area contributed by atoms with E-state index in [0.29, 0.717) is 22.2 Å². The zero-order valence-electron chi connectivity index (χ0n) is 12.6. The number of amides is 2. The maximum atomic E-state index is 11.9. The molecule has 2 atom stereocenters. The van der Waals surface area contributed by atoms with Crippen LogP contribution in [0.1, 0.15) is 13.8 Å². The van der Waals surface area contributed by atoms with Gasteiger partial charge in [0.05, 0.1) is 24.9 Å². The number of ether oxygens (including phenoxy) is 2. The highest BCUT2D eigenvalue weighted by molar-refractivity contribution is 6.32. The fraction of sp³-hybridized carbons (Fsp3) is 0.500. The quantitative estimate of drug-likeness (QED) is 0.753. The Bertz CT molecular complexity index is 496. The minimum atomic E-state index is -0.401. The van der Waals surface area contributed by atoms with Crippen LogP contribution in [0, 0.1) is 5.92 Å². The number of urea groups is 1. The van der Waals surface area contributed by atoms with Crippen LogP contribution in [0.25, 0.3) is 0 Å². The Morgan fingerprint density at radius 1 is 1.29 bits per heavy atom. The summed E-state index contributed by atoms with van der Waals surface area (Å²) in [6.45, 7) is 3.66. The number of aliphatic hydroxyl groups excluding tert-OH is 1. The summed E-state index contributed by atoms with van der Waals surface area (Å²) in [6.07, 6.45) is 0. The van der Waals surface area contributed by atoms with Gasteiger partial charge in [0.15, 0.2) is 0 Å². The van der Waals surface area contributed by atoms with Crippen molar-refractivity contribution in [3.05, 3.63) is 17.2 Å². The molecule has 0 spiro atoms. The van der Waals surface area contributed by atoms with E-state index in [1.165, 1.54) is 14.2 Å². The summed E-state index contributed by atoms with van der Waals surface area (Å²) in [4.78, 5) is 11.9. The number of benzene rings is 1. The average molecular weight is 317 g/mol. The van der Waals surface area contributed by atoms with E-state index in [0.717, 1.165) is 0 Å². The zero-order valence-corrected chi connectivity index (χ0v) is 13.3. The second-order valence-corrected chi connectivity index (χ2v) is 5.14. The Hall–Kier alpha value is -1.66. The number of nitrogens with one attached hydrogen (secondary N) is 2. The number of rotatable bonds is 6. The normalized spacial score (nSPS) is 13.2. The molecule has 0 heterocycles. The molecular formula is C14H21ClN2O4. The van der Waals surface area contributed by atoms with Crippen molar-refractivity contribution in [2.24, 2.45) is 5.92 Å². The van der Waals surface area contributed by atoms with Gasteiger partial charge in [0.1, 0.15) is 11.5 Å². The first-order chi connectivity index (χ1) is 9.92. The molecule has 1 aromatic rings. The highest BCUT2D eigenvalue weighted by Gasteiger charge is 2.16. The van der Waals surface area contributed by atoms with Gasteiger partial charge in [-0.15, -0.1) is 0 Å². The molecule has 1 rings (SSSR count). The molecule has 1 aromatic carbocycles. The summed E-state index contributed by atoms with van der Waals surface area (Å²) >= 11 is 6.04. The van der Waals surface area contributed by atoms with E-state index in [9.17, 15) is 4.79 Å². The van der Waals surface area contributed by atoms with Gasteiger partial charge in [-0.25, -0.2) is 4.79 Å². The van der Waals surface area contributed by atoms with E-state index in [4.69, 9.17) is 26.2 Å². The summed E-state index contributed by atoms with van der Waals surface area (Å²) in [5.41, 5.74) is 0.435. The fourth-order valence-electron chi connectivity index (χ4n) is 1.62. The fourth-order valence-corrected chi connectivity index (χ4v) is 1.86. The number of halogens is 1. The summed E-state index contributed by atoms with van der Waals surface area (Å²) in [5.74, 6) is 0.855. The van der Waals surface area contributed by atoms with Crippen molar-refractivity contribution in [3.8, 4) is 11.5 Å². The second kappa shape index (κ2) is 7.95. The van der Waals surface area contributed by atoms with Crippen molar-refractivity contribution in [3.63, 3.8) is 0 Å². The Kier molecular flexibility index (Phi) is 6.58. The number of carbonyl (C=O) groups excluding carboxylic acids is 1. The van der Waals surface area contributed by atoms with Crippen molar-refractivity contribution >= 4 is 23.3 Å². The van der Waals surface area contributed by atoms with Gasteiger partial charge in [0, 0.05) is 18.7 Å². The van der Waals surface area contributed by atoms with E-state index in [2.05, 4.69) is 10.6 Å². The third kappa shape index (κ3) is 4.68. The molecule has 3 N–H and O–H groups in total. The Balaban J connectivity index is 2.82. The Labute approximate surface area is 129 Å². The molecule has 21 heavy (non-hydrogen) atoms. The summed E-state index contributed by atoms with van der Waals surface area (Å²) in [7, 11) is 2.99. The van der Waals surface area contributed by atoms with Gasteiger partial charge < -0.3 is 25.2 Å². The number of methoxy groups -OCH3 is 2. The lowest BCUT2D eigenvalue weighted by molar-refractivity contribution is 0.204. The van der Waals surface area contributed by atoms with Crippen molar-refractivity contribution in [2.45, 2.75) is 19.9 Å². The first-order valence-corrected chi connectivity index (χ1v) is 6.90. The van der Waals surface area contributed by atoms with Crippen LogP contribution in [0.2, 0.25) is 5.02 Å². The van der Waals surface area contributed by atoms with E-state index in [1.54, 1.807) is 12.1 Å². The van der Waals surface area contributed by atoms with Crippen LogP contribution in [0.4, 0.5) is 10.5 Å². The molecule has 0 saturated carbocycles. The van der Waals surface area contributed by atoms with Crippen molar-refractivity contribution in [1.82, 2.24) is 5.32 Å². The Morgan fingerprint density at radius 3 is 2.43 bits per heavy atom. The highest BCUT2D eigenvalue weighted by atomic mass is 35.5. The maximum absolute atomic E-state index is 11.9. The van der Waals surface area contributed by atoms with Crippen LogP contribution in [-0.4, -0.2) is 38.0 Å². The smallest absolute Gasteiger partial charge is 0.319 e. The maximum Gasteiger partial charge on any atom is 0.319 e. The molecule has 0 aliphatic carbocycles. The van der Waals surface area contributed by atoms with Crippen LogP contribution in [0.5, 0.6) is 11.5 Å². The topological polar surface area (TPSA) is 79.8 Å². The van der Waals surface area contributed by atoms with E-state index in [-0.39, 0.29) is 18.6 Å². The van der Waals surface area contributed by atoms with Gasteiger partial charge in [0.2, 0.25) is 0 Å². The molecule has 6 nitrogen and oxygen atoms in total. The van der Waals surface area contributed by atoms with Crippen LogP contribution in [0.3, 0.4) is 0 Å². The van der Waals surface area contributed by atoms with Gasteiger partial charge >= 0.3 is 6.03 Å². The number of carbonyl (C=O) groups is 1. The van der Waals surface area contributed by atoms with Crippen LogP contribution in [0.15, 0.2) is 12.1 Å². The molecule has 0 unspecified atom stereocenters. The molecule has 0 bridgehead atoms. The number of aliphatic hydroxyl groups is 1.